The topological polar surface area (TPSA) is 68.5 Å². The molecule has 1 heterocycles. The van der Waals surface area contributed by atoms with Crippen LogP contribution in [0.15, 0.2) is 65.1 Å². The third-order valence-electron chi connectivity index (χ3n) is 4.13. The van der Waals surface area contributed by atoms with Crippen LogP contribution >= 0.6 is 11.8 Å². The van der Waals surface area contributed by atoms with Crippen molar-refractivity contribution in [3.05, 3.63) is 77.7 Å². The van der Waals surface area contributed by atoms with Crippen LogP contribution < -0.4 is 5.32 Å². The van der Waals surface area contributed by atoms with Crippen molar-refractivity contribution in [2.24, 2.45) is 0 Å². The summed E-state index contributed by atoms with van der Waals surface area (Å²) in [6, 6.07) is 19.5. The number of amides is 1. The predicted molar refractivity (Wildman–Crippen MR) is 111 cm³/mol. The molecule has 0 radical (unpaired) electrons. The Hall–Kier alpha value is -2.99. The van der Waals surface area contributed by atoms with Crippen LogP contribution in [0.4, 0.5) is 5.69 Å². The Morgan fingerprint density at radius 3 is 2.39 bits per heavy atom. The fourth-order valence-electron chi connectivity index (χ4n) is 2.75. The zero-order valence-corrected chi connectivity index (χ0v) is 16.5. The second kappa shape index (κ2) is 9.28. The zero-order valence-electron chi connectivity index (χ0n) is 15.7. The maximum atomic E-state index is 12.1. The largest absolute Gasteiger partial charge is 0.465 e. The van der Waals surface area contributed by atoms with E-state index in [4.69, 9.17) is 9.15 Å². The summed E-state index contributed by atoms with van der Waals surface area (Å²) >= 11 is 1.42. The molecule has 1 N–H and O–H groups in total. The molecule has 2 aromatic carbocycles. The fourth-order valence-corrected chi connectivity index (χ4v) is 3.45. The summed E-state index contributed by atoms with van der Waals surface area (Å²) in [5.41, 5.74) is 3.41. The molecule has 0 saturated carbocycles. The molecular formula is C22H21NO4S. The van der Waals surface area contributed by atoms with Gasteiger partial charge in [0.1, 0.15) is 17.1 Å². The van der Waals surface area contributed by atoms with Gasteiger partial charge in [-0.3, -0.25) is 4.79 Å². The second-order valence-electron chi connectivity index (χ2n) is 6.16. The lowest BCUT2D eigenvalue weighted by molar-refractivity contribution is -0.113. The van der Waals surface area contributed by atoms with Crippen LogP contribution in [0.25, 0.3) is 11.1 Å². The summed E-state index contributed by atoms with van der Waals surface area (Å²) in [4.78, 5) is 23.7. The number of nitrogens with one attached hydrogen (secondary N) is 1. The van der Waals surface area contributed by atoms with E-state index >= 15 is 0 Å². The minimum absolute atomic E-state index is 0.0890. The highest BCUT2D eigenvalue weighted by atomic mass is 32.2. The predicted octanol–water partition coefficient (Wildman–Crippen LogP) is 4.91. The fraction of sp³-hybridized carbons (Fsp3) is 0.182. The number of thioether (sulfide) groups is 1. The van der Waals surface area contributed by atoms with Crippen molar-refractivity contribution in [2.75, 3.05) is 18.2 Å². The van der Waals surface area contributed by atoms with E-state index in [9.17, 15) is 9.59 Å². The summed E-state index contributed by atoms with van der Waals surface area (Å²) in [5.74, 6) is 1.43. The van der Waals surface area contributed by atoms with Gasteiger partial charge < -0.3 is 14.5 Å². The number of methoxy groups -OCH3 is 1. The maximum Gasteiger partial charge on any atom is 0.341 e. The molecule has 3 rings (SSSR count). The molecule has 0 fully saturated rings. The minimum Gasteiger partial charge on any atom is -0.465 e. The van der Waals surface area contributed by atoms with Gasteiger partial charge in [0.15, 0.2) is 0 Å². The first-order valence-corrected chi connectivity index (χ1v) is 9.93. The van der Waals surface area contributed by atoms with Gasteiger partial charge in [0.05, 0.1) is 18.6 Å². The molecule has 0 aliphatic carbocycles. The first-order valence-electron chi connectivity index (χ1n) is 8.77. The van der Waals surface area contributed by atoms with Crippen molar-refractivity contribution in [1.82, 2.24) is 0 Å². The van der Waals surface area contributed by atoms with E-state index in [-0.39, 0.29) is 11.7 Å². The Morgan fingerprint density at radius 2 is 1.71 bits per heavy atom. The lowest BCUT2D eigenvalue weighted by Crippen LogP contribution is -2.14. The Balaban J connectivity index is 1.49. The molecule has 5 nitrogen and oxygen atoms in total. The summed E-state index contributed by atoms with van der Waals surface area (Å²) in [5, 5.41) is 2.89. The minimum atomic E-state index is -0.422. The Kier molecular flexibility index (Phi) is 6.55. The van der Waals surface area contributed by atoms with Gasteiger partial charge >= 0.3 is 5.97 Å². The quantitative estimate of drug-likeness (QED) is 0.576. The highest BCUT2D eigenvalue weighted by Gasteiger charge is 2.15. The zero-order chi connectivity index (χ0) is 19.9. The van der Waals surface area contributed by atoms with Crippen LogP contribution in [0.3, 0.4) is 0 Å². The van der Waals surface area contributed by atoms with E-state index in [2.05, 4.69) is 5.32 Å². The van der Waals surface area contributed by atoms with E-state index in [0.29, 0.717) is 22.8 Å². The first-order chi connectivity index (χ1) is 13.6. The number of aryl methyl sites for hydroxylation is 1. The maximum absolute atomic E-state index is 12.1. The summed E-state index contributed by atoms with van der Waals surface area (Å²) in [7, 11) is 1.33. The van der Waals surface area contributed by atoms with Gasteiger partial charge in [-0.2, -0.15) is 0 Å². The summed E-state index contributed by atoms with van der Waals surface area (Å²) in [6.45, 7) is 1.71. The third kappa shape index (κ3) is 5.04. The molecule has 0 saturated heterocycles. The molecule has 3 aromatic rings. The molecule has 144 valence electrons. The first kappa shape index (κ1) is 19.8. The number of esters is 1. The molecule has 1 amide bonds. The van der Waals surface area contributed by atoms with Crippen LogP contribution in [-0.4, -0.2) is 24.7 Å². The number of carbonyl (C=O) groups is 2. The number of anilines is 1. The van der Waals surface area contributed by atoms with Crippen LogP contribution in [-0.2, 0) is 15.3 Å². The van der Waals surface area contributed by atoms with Gasteiger partial charge in [0.2, 0.25) is 5.91 Å². The number of carbonyl (C=O) groups excluding carboxylic acids is 2. The van der Waals surface area contributed by atoms with Crippen LogP contribution in [0.5, 0.6) is 0 Å². The number of hydrogen-bond donors (Lipinski definition) is 1. The molecule has 0 aliphatic heterocycles. The van der Waals surface area contributed by atoms with Crippen LogP contribution in [0, 0.1) is 6.92 Å². The average molecular weight is 395 g/mol. The van der Waals surface area contributed by atoms with E-state index in [1.165, 1.54) is 18.9 Å². The molecule has 6 heteroatoms. The Bertz CT molecular complexity index is 948. The van der Waals surface area contributed by atoms with Crippen molar-refractivity contribution >= 4 is 29.3 Å². The van der Waals surface area contributed by atoms with Crippen molar-refractivity contribution < 1.29 is 18.7 Å². The number of hydrogen-bond acceptors (Lipinski definition) is 5. The standard InChI is InChI=1S/C22H21NO4S/c1-15-20(22(25)26-2)12-19(27-15)13-28-14-21(24)23-18-10-8-17(9-11-18)16-6-4-3-5-7-16/h3-12H,13-14H2,1-2H3,(H,23,24). The van der Waals surface area contributed by atoms with E-state index < -0.39 is 5.97 Å². The normalized spacial score (nSPS) is 10.5. The molecule has 28 heavy (non-hydrogen) atoms. The van der Waals surface area contributed by atoms with Crippen molar-refractivity contribution in [2.45, 2.75) is 12.7 Å². The number of rotatable bonds is 7. The molecule has 1 aromatic heterocycles. The number of furan rings is 1. The van der Waals surface area contributed by atoms with Crippen molar-refractivity contribution in [3.63, 3.8) is 0 Å². The van der Waals surface area contributed by atoms with Gasteiger partial charge in [-0.15, -0.1) is 11.8 Å². The molecule has 0 unspecified atom stereocenters. The number of benzene rings is 2. The van der Waals surface area contributed by atoms with Crippen molar-refractivity contribution in [1.29, 1.82) is 0 Å². The third-order valence-corrected chi connectivity index (χ3v) is 5.08. The van der Waals surface area contributed by atoms with E-state index in [1.807, 2.05) is 54.6 Å². The summed E-state index contributed by atoms with van der Waals surface area (Å²) < 4.78 is 10.2. The van der Waals surface area contributed by atoms with Gasteiger partial charge in [0.25, 0.3) is 0 Å². The monoisotopic (exact) mass is 395 g/mol. The van der Waals surface area contributed by atoms with Crippen LogP contribution in [0.2, 0.25) is 0 Å². The molecule has 0 bridgehead atoms. The smallest absolute Gasteiger partial charge is 0.341 e. The molecule has 0 spiro atoms. The van der Waals surface area contributed by atoms with Gasteiger partial charge in [-0.25, -0.2) is 4.79 Å². The lowest BCUT2D eigenvalue weighted by Gasteiger charge is -2.06. The second-order valence-corrected chi connectivity index (χ2v) is 7.14. The average Bonchev–Trinajstić information content (AvgIpc) is 3.09. The highest BCUT2D eigenvalue weighted by molar-refractivity contribution is 7.99. The van der Waals surface area contributed by atoms with Crippen LogP contribution in [0.1, 0.15) is 21.9 Å². The van der Waals surface area contributed by atoms with E-state index in [1.54, 1.807) is 13.0 Å². The molecule has 0 atom stereocenters. The Labute approximate surface area is 168 Å². The SMILES string of the molecule is COC(=O)c1cc(CSCC(=O)Nc2ccc(-c3ccccc3)cc2)oc1C. The van der Waals surface area contributed by atoms with E-state index in [0.717, 1.165) is 16.8 Å². The molecule has 0 aliphatic rings. The summed E-state index contributed by atoms with van der Waals surface area (Å²) in [6.07, 6.45) is 0. The van der Waals surface area contributed by atoms with Gasteiger partial charge in [-0.1, -0.05) is 42.5 Å². The van der Waals surface area contributed by atoms with Gasteiger partial charge in [0, 0.05) is 5.69 Å². The van der Waals surface area contributed by atoms with Gasteiger partial charge in [-0.05, 0) is 36.2 Å². The molecular weight excluding hydrogens is 374 g/mol. The lowest BCUT2D eigenvalue weighted by atomic mass is 10.1. The number of ether oxygens (including phenoxy) is 1. The highest BCUT2D eigenvalue weighted by Crippen LogP contribution is 2.22. The Morgan fingerprint density at radius 1 is 1.04 bits per heavy atom. The van der Waals surface area contributed by atoms with Crippen molar-refractivity contribution in [3.8, 4) is 11.1 Å².